The van der Waals surface area contributed by atoms with Gasteiger partial charge in [0.1, 0.15) is 0 Å². The summed E-state index contributed by atoms with van der Waals surface area (Å²) in [6.45, 7) is 8.65. The largest absolute Gasteiger partial charge is 0.502 e. The molecule has 0 aromatic carbocycles. The molecule has 0 fully saturated rings. The van der Waals surface area contributed by atoms with E-state index in [0.29, 0.717) is 5.57 Å². The molecular formula is C12H16O5. The van der Waals surface area contributed by atoms with Crippen molar-refractivity contribution in [3.8, 4) is 0 Å². The van der Waals surface area contributed by atoms with Gasteiger partial charge in [-0.1, -0.05) is 12.2 Å². The number of cyclic esters (lactones) is 1. The van der Waals surface area contributed by atoms with E-state index in [-0.39, 0.29) is 18.6 Å². The molecule has 5 nitrogen and oxygen atoms in total. The van der Waals surface area contributed by atoms with Gasteiger partial charge in [0.15, 0.2) is 0 Å². The van der Waals surface area contributed by atoms with Gasteiger partial charge in [-0.05, 0) is 27.2 Å². The summed E-state index contributed by atoms with van der Waals surface area (Å²) in [5.41, 5.74) is -0.635. The Kier molecular flexibility index (Phi) is 3.60. The molecule has 0 radical (unpaired) electrons. The van der Waals surface area contributed by atoms with Crippen molar-refractivity contribution in [3.05, 3.63) is 23.5 Å². The van der Waals surface area contributed by atoms with Crippen LogP contribution in [0.5, 0.6) is 0 Å². The molecule has 5 heteroatoms. The Balaban J connectivity index is 3.11. The second kappa shape index (κ2) is 4.61. The first-order chi connectivity index (χ1) is 7.82. The molecule has 0 aromatic rings. The fourth-order valence-corrected chi connectivity index (χ4v) is 1.63. The summed E-state index contributed by atoms with van der Waals surface area (Å²) in [6, 6.07) is 0. The Bertz CT molecular complexity index is 407. The van der Waals surface area contributed by atoms with Gasteiger partial charge in [-0.3, -0.25) is 0 Å². The minimum absolute atomic E-state index is 0.174. The number of carbonyl (C=O) groups excluding carboxylic acids is 2. The van der Waals surface area contributed by atoms with Crippen molar-refractivity contribution in [2.75, 3.05) is 6.61 Å². The number of esters is 2. The molecule has 1 aliphatic rings. The Hall–Kier alpha value is -1.78. The molecule has 1 N–H and O–H groups in total. The van der Waals surface area contributed by atoms with Crippen molar-refractivity contribution in [2.24, 2.45) is 0 Å². The molecule has 1 heterocycles. The van der Waals surface area contributed by atoms with Gasteiger partial charge in [-0.2, -0.15) is 0 Å². The van der Waals surface area contributed by atoms with Crippen molar-refractivity contribution in [1.29, 1.82) is 0 Å². The molecule has 1 rings (SSSR count). The Morgan fingerprint density at radius 3 is 2.65 bits per heavy atom. The molecule has 0 aliphatic carbocycles. The first-order valence-electron chi connectivity index (χ1n) is 5.30. The summed E-state index contributed by atoms with van der Waals surface area (Å²) in [7, 11) is 0. The van der Waals surface area contributed by atoms with Gasteiger partial charge < -0.3 is 14.6 Å². The second-order valence-corrected chi connectivity index (χ2v) is 4.10. The van der Waals surface area contributed by atoms with E-state index in [4.69, 9.17) is 9.47 Å². The molecule has 0 saturated heterocycles. The van der Waals surface area contributed by atoms with Crippen LogP contribution in [0, 0.1) is 0 Å². The molecular weight excluding hydrogens is 224 g/mol. The van der Waals surface area contributed by atoms with Crippen molar-refractivity contribution >= 4 is 11.9 Å². The summed E-state index contributed by atoms with van der Waals surface area (Å²) in [5, 5.41) is 9.62. The zero-order valence-corrected chi connectivity index (χ0v) is 10.2. The predicted molar refractivity (Wildman–Crippen MR) is 60.2 cm³/mol. The molecule has 0 amide bonds. The minimum atomic E-state index is -1.55. The highest BCUT2D eigenvalue weighted by Gasteiger charge is 2.51. The van der Waals surface area contributed by atoms with Crippen LogP contribution in [0.4, 0.5) is 0 Å². The Labute approximate surface area is 99.7 Å². The van der Waals surface area contributed by atoms with Crippen molar-refractivity contribution in [3.63, 3.8) is 0 Å². The van der Waals surface area contributed by atoms with Crippen LogP contribution in [0.25, 0.3) is 0 Å². The van der Waals surface area contributed by atoms with Crippen LogP contribution in [-0.2, 0) is 19.1 Å². The third kappa shape index (κ3) is 2.33. The number of aliphatic hydroxyl groups is 1. The van der Waals surface area contributed by atoms with E-state index in [1.807, 2.05) is 0 Å². The van der Waals surface area contributed by atoms with E-state index in [1.165, 1.54) is 6.92 Å². The number of rotatable bonds is 4. The van der Waals surface area contributed by atoms with Crippen LogP contribution in [-0.4, -0.2) is 29.3 Å². The lowest BCUT2D eigenvalue weighted by Gasteiger charge is -2.23. The third-order valence-electron chi connectivity index (χ3n) is 2.50. The van der Waals surface area contributed by atoms with E-state index >= 15 is 0 Å². The summed E-state index contributed by atoms with van der Waals surface area (Å²) < 4.78 is 9.76. The molecule has 17 heavy (non-hydrogen) atoms. The lowest BCUT2D eigenvalue weighted by atomic mass is 9.91. The maximum atomic E-state index is 11.8. The van der Waals surface area contributed by atoms with Crippen molar-refractivity contribution in [1.82, 2.24) is 0 Å². The van der Waals surface area contributed by atoms with Gasteiger partial charge in [0.2, 0.25) is 11.4 Å². The van der Waals surface area contributed by atoms with Gasteiger partial charge in [0.25, 0.3) is 0 Å². The zero-order valence-electron chi connectivity index (χ0n) is 10.2. The van der Waals surface area contributed by atoms with E-state index in [0.717, 1.165) is 0 Å². The molecule has 0 aromatic heterocycles. The number of allylic oxidation sites excluding steroid dienone is 1. The second-order valence-electron chi connectivity index (χ2n) is 4.10. The van der Waals surface area contributed by atoms with Gasteiger partial charge in [-0.15, -0.1) is 0 Å². The number of carbonyl (C=O) groups is 2. The summed E-state index contributed by atoms with van der Waals surface area (Å²) in [4.78, 5) is 23.1. The van der Waals surface area contributed by atoms with Crippen molar-refractivity contribution in [2.45, 2.75) is 32.8 Å². The molecule has 0 bridgehead atoms. The first-order valence-corrected chi connectivity index (χ1v) is 5.30. The van der Waals surface area contributed by atoms with Crippen LogP contribution in [0.1, 0.15) is 27.2 Å². The van der Waals surface area contributed by atoms with Crippen LogP contribution in [0.2, 0.25) is 0 Å². The topological polar surface area (TPSA) is 72.8 Å². The van der Waals surface area contributed by atoms with Crippen LogP contribution in [0.3, 0.4) is 0 Å². The molecule has 94 valence electrons. The Morgan fingerprint density at radius 2 is 2.18 bits per heavy atom. The number of ether oxygens (including phenoxy) is 2. The van der Waals surface area contributed by atoms with Crippen LogP contribution >= 0.6 is 0 Å². The molecule has 0 saturated carbocycles. The molecule has 1 unspecified atom stereocenters. The van der Waals surface area contributed by atoms with Crippen LogP contribution in [0.15, 0.2) is 23.5 Å². The number of hydrogen-bond acceptors (Lipinski definition) is 5. The highest BCUT2D eigenvalue weighted by atomic mass is 16.6. The van der Waals surface area contributed by atoms with E-state index in [2.05, 4.69) is 6.58 Å². The maximum absolute atomic E-state index is 11.8. The maximum Gasteiger partial charge on any atom is 0.374 e. The SMILES string of the molecule is C=C(C)CC1=C(O)C(=O)OC1(C)C(=O)OCC. The molecule has 1 aliphatic heterocycles. The van der Waals surface area contributed by atoms with E-state index in [9.17, 15) is 14.7 Å². The van der Waals surface area contributed by atoms with Crippen molar-refractivity contribution < 1.29 is 24.2 Å². The number of aliphatic hydroxyl groups excluding tert-OH is 1. The smallest absolute Gasteiger partial charge is 0.374 e. The highest BCUT2D eigenvalue weighted by Crippen LogP contribution is 2.36. The standard InChI is InChI=1S/C12H16O5/c1-5-16-11(15)12(4)8(6-7(2)3)9(13)10(14)17-12/h13H,2,5-6H2,1,3-4H3. The lowest BCUT2D eigenvalue weighted by molar-refractivity contribution is -0.171. The average Bonchev–Trinajstić information content (AvgIpc) is 2.43. The fourth-order valence-electron chi connectivity index (χ4n) is 1.63. The monoisotopic (exact) mass is 240 g/mol. The summed E-state index contributed by atoms with van der Waals surface area (Å²) >= 11 is 0. The lowest BCUT2D eigenvalue weighted by Crippen LogP contribution is -2.39. The summed E-state index contributed by atoms with van der Waals surface area (Å²) in [6.07, 6.45) is 0.215. The predicted octanol–water partition coefficient (Wildman–Crippen LogP) is 1.64. The molecule has 0 spiro atoms. The van der Waals surface area contributed by atoms with Gasteiger partial charge in [0.05, 0.1) is 6.61 Å². The summed E-state index contributed by atoms with van der Waals surface area (Å²) in [5.74, 6) is -2.12. The van der Waals surface area contributed by atoms with Gasteiger partial charge >= 0.3 is 11.9 Å². The fraction of sp³-hybridized carbons (Fsp3) is 0.500. The quantitative estimate of drug-likeness (QED) is 0.597. The Morgan fingerprint density at radius 1 is 1.59 bits per heavy atom. The normalized spacial score (nSPS) is 23.6. The van der Waals surface area contributed by atoms with Gasteiger partial charge in [0, 0.05) is 5.57 Å². The minimum Gasteiger partial charge on any atom is -0.502 e. The van der Waals surface area contributed by atoms with E-state index in [1.54, 1.807) is 13.8 Å². The highest BCUT2D eigenvalue weighted by molar-refractivity contribution is 5.98. The average molecular weight is 240 g/mol. The zero-order chi connectivity index (χ0) is 13.2. The molecule has 1 atom stereocenters. The van der Waals surface area contributed by atoms with E-state index < -0.39 is 23.3 Å². The van der Waals surface area contributed by atoms with Crippen LogP contribution < -0.4 is 0 Å². The third-order valence-corrected chi connectivity index (χ3v) is 2.50. The number of hydrogen-bond donors (Lipinski definition) is 1. The van der Waals surface area contributed by atoms with Gasteiger partial charge in [-0.25, -0.2) is 9.59 Å². The first kappa shape index (κ1) is 13.3.